The molecule has 0 radical (unpaired) electrons. The second-order valence-electron chi connectivity index (χ2n) is 4.13. The molecule has 0 heterocycles. The highest BCUT2D eigenvalue weighted by atomic mass is 79.9. The van der Waals surface area contributed by atoms with Crippen LogP contribution >= 0.6 is 15.9 Å². The van der Waals surface area contributed by atoms with E-state index < -0.39 is 40.7 Å². The summed E-state index contributed by atoms with van der Waals surface area (Å²) in [5.41, 5.74) is -1.41. The smallest absolute Gasteiger partial charge is 0.354 e. The van der Waals surface area contributed by atoms with Gasteiger partial charge in [0.25, 0.3) is 0 Å². The lowest BCUT2D eigenvalue weighted by molar-refractivity contribution is -0.138. The van der Waals surface area contributed by atoms with Crippen molar-refractivity contribution in [3.05, 3.63) is 33.7 Å². The third-order valence-corrected chi connectivity index (χ3v) is 3.30. The average Bonchev–Trinajstić information content (AvgIpc) is 2.57. The monoisotopic (exact) mass is 405 g/mol. The van der Waals surface area contributed by atoms with Crippen LogP contribution in [0, 0.1) is 5.82 Å². The Hall–Kier alpha value is -2.62. The second-order valence-corrected chi connectivity index (χ2v) is 4.99. The molecule has 10 heteroatoms. The zero-order valence-electron chi connectivity index (χ0n) is 12.8. The van der Waals surface area contributed by atoms with Gasteiger partial charge in [-0.15, -0.1) is 0 Å². The molecule has 0 aromatic heterocycles. The molecule has 1 aromatic carbocycles. The summed E-state index contributed by atoms with van der Waals surface area (Å²) in [5.74, 6) is -4.84. The topological polar surface area (TPSA) is 111 Å². The molecule has 0 atom stereocenters. The predicted molar refractivity (Wildman–Crippen MR) is 82.8 cm³/mol. The lowest BCUT2D eigenvalue weighted by Gasteiger charge is -2.14. The molecular formula is C14H13BrFNO7. The fourth-order valence-electron chi connectivity index (χ4n) is 1.58. The van der Waals surface area contributed by atoms with Gasteiger partial charge in [-0.3, -0.25) is 0 Å². The maximum atomic E-state index is 14.0. The van der Waals surface area contributed by atoms with E-state index in [0.717, 1.165) is 33.5 Å². The SMILES string of the molecule is COC(=O)/C=C(/Nc1cc(Br)c(F)c(C(=O)OC)c1O)C(=O)OC. The fraction of sp³-hybridized carbons (Fsp3) is 0.214. The first-order chi connectivity index (χ1) is 11.3. The molecule has 0 aliphatic heterocycles. The van der Waals surface area contributed by atoms with E-state index in [-0.39, 0.29) is 10.2 Å². The summed E-state index contributed by atoms with van der Waals surface area (Å²) in [6, 6.07) is 1.06. The Labute approximate surface area is 144 Å². The molecule has 0 fully saturated rings. The fourth-order valence-corrected chi connectivity index (χ4v) is 2.01. The summed E-state index contributed by atoms with van der Waals surface area (Å²) in [6.07, 6.45) is 0.764. The first kappa shape index (κ1) is 19.4. The number of phenols is 1. The molecule has 0 aliphatic carbocycles. The number of carbonyl (C=O) groups is 3. The van der Waals surface area contributed by atoms with Crippen LogP contribution in [-0.4, -0.2) is 44.3 Å². The van der Waals surface area contributed by atoms with Crippen molar-refractivity contribution in [3.8, 4) is 5.75 Å². The first-order valence-corrected chi connectivity index (χ1v) is 7.00. The Morgan fingerprint density at radius 3 is 2.33 bits per heavy atom. The van der Waals surface area contributed by atoms with Crippen LogP contribution in [-0.2, 0) is 23.8 Å². The molecule has 1 aromatic rings. The van der Waals surface area contributed by atoms with Crippen molar-refractivity contribution in [1.29, 1.82) is 0 Å². The van der Waals surface area contributed by atoms with Crippen LogP contribution in [0.2, 0.25) is 0 Å². The van der Waals surface area contributed by atoms with Crippen molar-refractivity contribution < 1.29 is 38.1 Å². The Morgan fingerprint density at radius 1 is 1.21 bits per heavy atom. The molecule has 24 heavy (non-hydrogen) atoms. The van der Waals surface area contributed by atoms with Crippen LogP contribution in [0.1, 0.15) is 10.4 Å². The van der Waals surface area contributed by atoms with Gasteiger partial charge < -0.3 is 24.6 Å². The number of aromatic hydroxyl groups is 1. The number of phenolic OH excluding ortho intramolecular Hbond substituents is 1. The van der Waals surface area contributed by atoms with Crippen LogP contribution in [0.4, 0.5) is 10.1 Å². The van der Waals surface area contributed by atoms with Crippen molar-refractivity contribution in [3.63, 3.8) is 0 Å². The van der Waals surface area contributed by atoms with Crippen molar-refractivity contribution in [2.75, 3.05) is 26.6 Å². The normalized spacial score (nSPS) is 10.8. The molecule has 1 rings (SSSR count). The van der Waals surface area contributed by atoms with E-state index in [4.69, 9.17) is 0 Å². The van der Waals surface area contributed by atoms with Crippen molar-refractivity contribution >= 4 is 39.5 Å². The molecule has 0 saturated heterocycles. The highest BCUT2D eigenvalue weighted by Crippen LogP contribution is 2.36. The van der Waals surface area contributed by atoms with Crippen LogP contribution < -0.4 is 5.32 Å². The molecule has 8 nitrogen and oxygen atoms in total. The van der Waals surface area contributed by atoms with Gasteiger partial charge in [-0.2, -0.15) is 0 Å². The molecule has 0 amide bonds. The molecule has 0 unspecified atom stereocenters. The predicted octanol–water partition coefficient (Wildman–Crippen LogP) is 1.72. The highest BCUT2D eigenvalue weighted by molar-refractivity contribution is 9.10. The van der Waals surface area contributed by atoms with Gasteiger partial charge in [0.05, 0.1) is 37.6 Å². The van der Waals surface area contributed by atoms with Gasteiger partial charge in [-0.1, -0.05) is 0 Å². The Kier molecular flexibility index (Phi) is 6.71. The molecule has 2 N–H and O–H groups in total. The number of hydrogen-bond donors (Lipinski definition) is 2. The number of halogens is 2. The number of carbonyl (C=O) groups excluding carboxylic acids is 3. The third-order valence-electron chi connectivity index (χ3n) is 2.72. The number of esters is 3. The largest absolute Gasteiger partial charge is 0.505 e. The van der Waals surface area contributed by atoms with Crippen LogP contribution in [0.5, 0.6) is 5.75 Å². The maximum absolute atomic E-state index is 14.0. The maximum Gasteiger partial charge on any atom is 0.354 e. The number of nitrogens with one attached hydrogen (secondary N) is 1. The summed E-state index contributed by atoms with van der Waals surface area (Å²) in [6.45, 7) is 0. The average molecular weight is 406 g/mol. The summed E-state index contributed by atoms with van der Waals surface area (Å²) >= 11 is 2.88. The van der Waals surface area contributed by atoms with Crippen molar-refractivity contribution in [2.45, 2.75) is 0 Å². The van der Waals surface area contributed by atoms with E-state index in [2.05, 4.69) is 35.5 Å². The van der Waals surface area contributed by atoms with Gasteiger partial charge >= 0.3 is 17.9 Å². The summed E-state index contributed by atoms with van der Waals surface area (Å²) < 4.78 is 27.1. The molecule has 0 spiro atoms. The Balaban J connectivity index is 3.42. The van der Waals surface area contributed by atoms with E-state index in [0.29, 0.717) is 0 Å². The third kappa shape index (κ3) is 4.22. The zero-order valence-corrected chi connectivity index (χ0v) is 14.4. The minimum Gasteiger partial charge on any atom is -0.505 e. The van der Waals surface area contributed by atoms with Gasteiger partial charge in [0, 0.05) is 0 Å². The number of rotatable bonds is 5. The second kappa shape index (κ2) is 8.29. The standard InChI is InChI=1S/C14H13BrFNO7/c1-22-9(18)5-8(13(20)23-2)17-7-4-6(15)11(16)10(12(7)19)14(21)24-3/h4-5,17,19H,1-3H3/b8-5+. The van der Waals surface area contributed by atoms with Gasteiger partial charge in [0.1, 0.15) is 11.3 Å². The number of ether oxygens (including phenoxy) is 3. The Morgan fingerprint density at radius 2 is 1.83 bits per heavy atom. The van der Waals surface area contributed by atoms with E-state index in [1.807, 2.05) is 0 Å². The molecule has 0 bridgehead atoms. The minimum absolute atomic E-state index is 0.189. The minimum atomic E-state index is -1.13. The summed E-state index contributed by atoms with van der Waals surface area (Å²) in [7, 11) is 3.16. The quantitative estimate of drug-likeness (QED) is 0.329. The van der Waals surface area contributed by atoms with E-state index in [1.54, 1.807) is 0 Å². The number of hydrogen-bond acceptors (Lipinski definition) is 8. The molecule has 0 aliphatic rings. The molecule has 130 valence electrons. The van der Waals surface area contributed by atoms with Crippen LogP contribution in [0.3, 0.4) is 0 Å². The van der Waals surface area contributed by atoms with Gasteiger partial charge in [-0.25, -0.2) is 18.8 Å². The van der Waals surface area contributed by atoms with Gasteiger partial charge in [0.15, 0.2) is 11.6 Å². The van der Waals surface area contributed by atoms with Crippen LogP contribution in [0.25, 0.3) is 0 Å². The van der Waals surface area contributed by atoms with E-state index >= 15 is 0 Å². The summed E-state index contributed by atoms with van der Waals surface area (Å²) in [5, 5.41) is 12.5. The summed E-state index contributed by atoms with van der Waals surface area (Å²) in [4.78, 5) is 34.6. The number of benzene rings is 1. The van der Waals surface area contributed by atoms with Gasteiger partial charge in [-0.05, 0) is 22.0 Å². The molecule has 0 saturated carbocycles. The number of methoxy groups -OCH3 is 3. The zero-order chi connectivity index (χ0) is 18.4. The lowest BCUT2D eigenvalue weighted by atomic mass is 10.1. The first-order valence-electron chi connectivity index (χ1n) is 6.21. The van der Waals surface area contributed by atoms with Crippen molar-refractivity contribution in [1.82, 2.24) is 0 Å². The lowest BCUT2D eigenvalue weighted by Crippen LogP contribution is -2.16. The number of anilines is 1. The highest BCUT2D eigenvalue weighted by Gasteiger charge is 2.25. The Bertz CT molecular complexity index is 718. The van der Waals surface area contributed by atoms with E-state index in [9.17, 15) is 23.9 Å². The van der Waals surface area contributed by atoms with Crippen LogP contribution in [0.15, 0.2) is 22.3 Å². The van der Waals surface area contributed by atoms with Gasteiger partial charge in [0.2, 0.25) is 0 Å². The van der Waals surface area contributed by atoms with E-state index in [1.165, 1.54) is 0 Å². The van der Waals surface area contributed by atoms with Crippen molar-refractivity contribution in [2.24, 2.45) is 0 Å². The molecular weight excluding hydrogens is 393 g/mol.